The van der Waals surface area contributed by atoms with Gasteiger partial charge in [-0.3, -0.25) is 14.5 Å². The van der Waals surface area contributed by atoms with Crippen molar-refractivity contribution in [1.82, 2.24) is 4.90 Å². The summed E-state index contributed by atoms with van der Waals surface area (Å²) in [5.74, 6) is -7.83. The van der Waals surface area contributed by atoms with E-state index in [1.807, 2.05) is 0 Å². The van der Waals surface area contributed by atoms with Crippen LogP contribution in [0.25, 0.3) is 0 Å². The van der Waals surface area contributed by atoms with E-state index in [-0.39, 0.29) is 25.9 Å². The van der Waals surface area contributed by atoms with Gasteiger partial charge < -0.3 is 45.2 Å². The largest absolute Gasteiger partial charge is 0.862 e. The molecule has 0 radical (unpaired) electrons. The molecule has 1 saturated heterocycles. The van der Waals surface area contributed by atoms with Gasteiger partial charge in [-0.25, -0.2) is 4.79 Å². The second kappa shape index (κ2) is 10.1. The minimum atomic E-state index is -2.60. The number of hydrogen-bond acceptors (Lipinski definition) is 11. The Kier molecular flexibility index (Phi) is 8.42. The van der Waals surface area contributed by atoms with Gasteiger partial charge in [0.15, 0.2) is 11.2 Å². The van der Waals surface area contributed by atoms with Crippen LogP contribution in [0, 0.1) is 0 Å². The number of rotatable bonds is 13. The molecule has 2 atom stereocenters. The highest BCUT2D eigenvalue weighted by Gasteiger charge is 2.50. The number of aliphatic imine (C=N–C) groups is 1. The number of aliphatic hydroxyl groups is 2. The maximum absolute atomic E-state index is 12.0. The van der Waals surface area contributed by atoms with Gasteiger partial charge in [-0.05, 0) is 31.6 Å². The normalized spacial score (nSPS) is 21.5. The van der Waals surface area contributed by atoms with E-state index in [1.165, 1.54) is 0 Å². The highest BCUT2D eigenvalue weighted by Crippen LogP contribution is 2.27. The third-order valence-electron chi connectivity index (χ3n) is 4.49. The van der Waals surface area contributed by atoms with Crippen molar-refractivity contribution < 1.29 is 54.6 Å². The van der Waals surface area contributed by atoms with Crippen LogP contribution in [0.15, 0.2) is 4.99 Å². The first-order valence-corrected chi connectivity index (χ1v) is 8.94. The first-order valence-electron chi connectivity index (χ1n) is 8.94. The smallest absolute Gasteiger partial charge is 0.336 e. The van der Waals surface area contributed by atoms with Crippen molar-refractivity contribution in [3.8, 4) is 0 Å². The molecule has 30 heavy (non-hydrogen) atoms. The van der Waals surface area contributed by atoms with Crippen LogP contribution in [0.3, 0.4) is 0 Å². The predicted octanol–water partition coefficient (Wildman–Crippen LogP) is -5.11. The standard InChI is InChI=1S/C17H24N2O11/c20-10(7-16(29,15(27)28)4-3-12(22)23)18-5-1-2-6-19-11(21)8-17(30,14(19)26)9-13(24)25/h29-30H,1-9H2,(H,18,20)(H,22,23)(H,24,25)(H,27,28)/p-3/t16-,17-/m1/s1. The molecule has 0 aromatic heterocycles. The summed E-state index contributed by atoms with van der Waals surface area (Å²) in [5.41, 5.74) is -4.94. The number of unbranched alkanes of at least 4 members (excludes halogenated alkanes) is 1. The Balaban J connectivity index is 2.52. The van der Waals surface area contributed by atoms with Gasteiger partial charge in [-0.1, -0.05) is 0 Å². The molecule has 2 amide bonds. The second-order valence-electron chi connectivity index (χ2n) is 6.98. The summed E-state index contributed by atoms with van der Waals surface area (Å²) in [4.78, 5) is 60.2. The highest BCUT2D eigenvalue weighted by molar-refractivity contribution is 6.08. The van der Waals surface area contributed by atoms with Crippen molar-refractivity contribution in [2.24, 2.45) is 4.99 Å². The molecule has 0 saturated carbocycles. The lowest BCUT2D eigenvalue weighted by atomic mass is 9.94. The monoisotopic (exact) mass is 429 g/mol. The molecule has 1 heterocycles. The summed E-state index contributed by atoms with van der Waals surface area (Å²) in [6.45, 7) is -0.282. The molecule has 3 N–H and O–H groups in total. The number of carbonyl (C=O) groups is 5. The maximum Gasteiger partial charge on any atom is 0.336 e. The number of aliphatic carboxylic acids is 3. The number of carboxylic acids is 3. The van der Waals surface area contributed by atoms with Crippen molar-refractivity contribution in [3.63, 3.8) is 0 Å². The van der Waals surface area contributed by atoms with Crippen molar-refractivity contribution in [2.75, 3.05) is 13.1 Å². The number of carboxylic acid groups (broad SMARTS) is 3. The number of likely N-dealkylation sites (tertiary alicyclic amines) is 1. The molecule has 0 spiro atoms. The van der Waals surface area contributed by atoms with Crippen molar-refractivity contribution in [2.45, 2.75) is 56.1 Å². The minimum absolute atomic E-state index is 0.130. The summed E-state index contributed by atoms with van der Waals surface area (Å²) in [6.07, 6.45) is -3.80. The van der Waals surface area contributed by atoms with Crippen LogP contribution in [0.2, 0.25) is 0 Å². The third-order valence-corrected chi connectivity index (χ3v) is 4.49. The van der Waals surface area contributed by atoms with E-state index in [0.717, 1.165) is 0 Å². The summed E-state index contributed by atoms with van der Waals surface area (Å²) in [7, 11) is 0. The molecular formula is C17H21N2O11-3. The first-order chi connectivity index (χ1) is 13.8. The summed E-state index contributed by atoms with van der Waals surface area (Å²) >= 11 is 0. The minimum Gasteiger partial charge on any atom is -0.862 e. The second-order valence-corrected chi connectivity index (χ2v) is 6.98. The Hall–Kier alpha value is -3.06. The molecule has 13 nitrogen and oxygen atoms in total. The Labute approximate surface area is 170 Å². The van der Waals surface area contributed by atoms with E-state index in [0.29, 0.717) is 4.90 Å². The van der Waals surface area contributed by atoms with E-state index in [2.05, 4.69) is 4.99 Å². The van der Waals surface area contributed by atoms with Crippen LogP contribution in [0.4, 0.5) is 0 Å². The molecule has 1 rings (SSSR count). The van der Waals surface area contributed by atoms with E-state index < -0.39 is 78.9 Å². The molecule has 0 bridgehead atoms. The van der Waals surface area contributed by atoms with Gasteiger partial charge in [0.25, 0.3) is 5.91 Å². The van der Waals surface area contributed by atoms with Crippen LogP contribution in [0.1, 0.15) is 44.9 Å². The summed E-state index contributed by atoms with van der Waals surface area (Å²) in [6, 6.07) is 0. The van der Waals surface area contributed by atoms with Gasteiger partial charge in [0.2, 0.25) is 5.91 Å². The fraction of sp³-hybridized carbons (Fsp3) is 0.647. The molecule has 1 aliphatic rings. The Morgan fingerprint density at radius 1 is 1.13 bits per heavy atom. The predicted molar refractivity (Wildman–Crippen MR) is 88.9 cm³/mol. The topological polar surface area (TPSA) is 231 Å². The number of nitrogens with zero attached hydrogens (tertiary/aromatic N) is 2. The number of imide groups is 1. The van der Waals surface area contributed by atoms with Crippen LogP contribution in [-0.2, 0) is 24.0 Å². The van der Waals surface area contributed by atoms with Gasteiger partial charge in [0, 0.05) is 37.9 Å². The van der Waals surface area contributed by atoms with Crippen molar-refractivity contribution in [3.05, 3.63) is 0 Å². The van der Waals surface area contributed by atoms with Crippen molar-refractivity contribution in [1.29, 1.82) is 0 Å². The molecule has 0 aliphatic carbocycles. The van der Waals surface area contributed by atoms with Crippen molar-refractivity contribution >= 4 is 35.6 Å². The van der Waals surface area contributed by atoms with E-state index in [1.54, 1.807) is 0 Å². The zero-order chi connectivity index (χ0) is 23.1. The fourth-order valence-electron chi connectivity index (χ4n) is 2.86. The zero-order valence-corrected chi connectivity index (χ0v) is 15.9. The zero-order valence-electron chi connectivity index (χ0n) is 15.9. The van der Waals surface area contributed by atoms with Gasteiger partial charge in [0.1, 0.15) is 0 Å². The SMILES string of the molecule is O=C([O-])CC[C@@](O)(CC([O-])=NCCCCN1C(=O)C[C@@](O)(CC(=O)[O-])C1=O)C(=O)O. The first kappa shape index (κ1) is 25.0. The molecule has 0 aromatic rings. The molecule has 0 aromatic carbocycles. The number of hydrogen-bond donors (Lipinski definition) is 3. The Bertz CT molecular complexity index is 750. The van der Waals surface area contributed by atoms with Gasteiger partial charge in [-0.15, -0.1) is 0 Å². The fourth-order valence-corrected chi connectivity index (χ4v) is 2.86. The molecule has 13 heteroatoms. The quantitative estimate of drug-likeness (QED) is 0.108. The molecule has 1 fully saturated rings. The maximum atomic E-state index is 12.0. The average molecular weight is 429 g/mol. The summed E-state index contributed by atoms with van der Waals surface area (Å²) in [5, 5.41) is 61.6. The third kappa shape index (κ3) is 6.77. The van der Waals surface area contributed by atoms with Gasteiger partial charge >= 0.3 is 5.97 Å². The lowest BCUT2D eigenvalue weighted by molar-refractivity contribution is -0.309. The van der Waals surface area contributed by atoms with Gasteiger partial charge in [-0.2, -0.15) is 0 Å². The number of amides is 2. The van der Waals surface area contributed by atoms with E-state index >= 15 is 0 Å². The van der Waals surface area contributed by atoms with Crippen LogP contribution >= 0.6 is 0 Å². The van der Waals surface area contributed by atoms with Crippen LogP contribution < -0.4 is 15.3 Å². The van der Waals surface area contributed by atoms with E-state index in [9.17, 15) is 49.5 Å². The average Bonchev–Trinajstić information content (AvgIpc) is 2.81. The molecule has 0 unspecified atom stereocenters. The Morgan fingerprint density at radius 2 is 1.77 bits per heavy atom. The van der Waals surface area contributed by atoms with Crippen LogP contribution in [-0.4, -0.2) is 80.1 Å². The lowest BCUT2D eigenvalue weighted by Crippen LogP contribution is -2.44. The van der Waals surface area contributed by atoms with Crippen LogP contribution in [0.5, 0.6) is 0 Å². The van der Waals surface area contributed by atoms with E-state index in [4.69, 9.17) is 5.11 Å². The molecule has 168 valence electrons. The summed E-state index contributed by atoms with van der Waals surface area (Å²) < 4.78 is 0. The lowest BCUT2D eigenvalue weighted by Gasteiger charge is -2.26. The highest BCUT2D eigenvalue weighted by atomic mass is 16.4. The Morgan fingerprint density at radius 3 is 2.30 bits per heavy atom. The molecular weight excluding hydrogens is 408 g/mol. The number of carbonyl (C=O) groups excluding carboxylic acids is 4. The molecule has 1 aliphatic heterocycles. The van der Waals surface area contributed by atoms with Gasteiger partial charge in [0.05, 0.1) is 6.42 Å².